The number of hydrogen-bond donors (Lipinski definition) is 2. The highest BCUT2D eigenvalue weighted by molar-refractivity contribution is 5.85. The van der Waals surface area contributed by atoms with Gasteiger partial charge >= 0.3 is 0 Å². The van der Waals surface area contributed by atoms with Crippen LogP contribution in [0.15, 0.2) is 55.2 Å². The van der Waals surface area contributed by atoms with Crippen molar-refractivity contribution in [2.45, 2.75) is 38.3 Å². The fourth-order valence-corrected chi connectivity index (χ4v) is 4.28. The Labute approximate surface area is 209 Å². The van der Waals surface area contributed by atoms with Crippen LogP contribution in [0.1, 0.15) is 32.3 Å². The van der Waals surface area contributed by atoms with Crippen LogP contribution in [0.2, 0.25) is 0 Å². The summed E-state index contributed by atoms with van der Waals surface area (Å²) in [5.41, 5.74) is 1.84. The Balaban J connectivity index is 1.34. The van der Waals surface area contributed by atoms with Crippen molar-refractivity contribution in [1.29, 1.82) is 5.26 Å². The topological polar surface area (TPSA) is 124 Å². The Bertz CT molecular complexity index is 1370. The van der Waals surface area contributed by atoms with Gasteiger partial charge in [0.2, 0.25) is 5.95 Å². The number of nitriles is 1. The predicted molar refractivity (Wildman–Crippen MR) is 136 cm³/mol. The third-order valence-electron chi connectivity index (χ3n) is 6.08. The van der Waals surface area contributed by atoms with E-state index in [1.807, 2.05) is 24.4 Å². The lowest BCUT2D eigenvalue weighted by molar-refractivity contribution is 0.0283. The van der Waals surface area contributed by atoms with Crippen LogP contribution in [-0.4, -0.2) is 61.0 Å². The molecule has 1 fully saturated rings. The molecule has 1 saturated heterocycles. The first-order valence-corrected chi connectivity index (χ1v) is 11.9. The molecule has 0 unspecified atom stereocenters. The van der Waals surface area contributed by atoms with Crippen LogP contribution >= 0.6 is 0 Å². The maximum atomic E-state index is 10.1. The lowest BCUT2D eigenvalue weighted by Crippen LogP contribution is -2.39. The van der Waals surface area contributed by atoms with E-state index in [1.54, 1.807) is 49.2 Å². The van der Waals surface area contributed by atoms with Gasteiger partial charge in [0.1, 0.15) is 24.2 Å². The number of pyridine rings is 2. The maximum absolute atomic E-state index is 10.1. The number of aliphatic hydroxyl groups is 1. The minimum absolute atomic E-state index is 0.128. The minimum atomic E-state index is -0.975. The zero-order valence-electron chi connectivity index (χ0n) is 20.3. The second kappa shape index (κ2) is 9.79. The van der Waals surface area contributed by atoms with Crippen molar-refractivity contribution < 1.29 is 9.84 Å². The monoisotopic (exact) mass is 484 g/mol. The van der Waals surface area contributed by atoms with E-state index in [0.29, 0.717) is 28.8 Å². The minimum Gasteiger partial charge on any atom is -0.489 e. The van der Waals surface area contributed by atoms with Crippen LogP contribution in [0.25, 0.3) is 16.6 Å². The van der Waals surface area contributed by atoms with Gasteiger partial charge in [0.25, 0.3) is 0 Å². The van der Waals surface area contributed by atoms with E-state index < -0.39 is 5.60 Å². The first-order valence-electron chi connectivity index (χ1n) is 11.9. The highest BCUT2D eigenvalue weighted by atomic mass is 16.5. The molecule has 10 heteroatoms. The van der Waals surface area contributed by atoms with Gasteiger partial charge < -0.3 is 20.1 Å². The Hall–Kier alpha value is -4.23. The van der Waals surface area contributed by atoms with Crippen molar-refractivity contribution in [2.24, 2.45) is 0 Å². The van der Waals surface area contributed by atoms with E-state index >= 15 is 0 Å². The Morgan fingerprint density at radius 1 is 1.17 bits per heavy atom. The molecular formula is C26H28N8O2. The van der Waals surface area contributed by atoms with Crippen molar-refractivity contribution >= 4 is 17.3 Å². The summed E-state index contributed by atoms with van der Waals surface area (Å²) in [4.78, 5) is 15.5. The van der Waals surface area contributed by atoms with Crippen LogP contribution in [0.4, 0.5) is 11.8 Å². The van der Waals surface area contributed by atoms with Crippen molar-refractivity contribution in [3.8, 4) is 22.9 Å². The number of fused-ring (bicyclic) bond motifs is 1. The number of nitrogens with zero attached hydrogens (tertiary/aromatic N) is 7. The summed E-state index contributed by atoms with van der Waals surface area (Å²) < 4.78 is 7.45. The average molecular weight is 485 g/mol. The fourth-order valence-electron chi connectivity index (χ4n) is 4.28. The normalized spacial score (nSPS) is 14.6. The third-order valence-corrected chi connectivity index (χ3v) is 6.08. The SMILES string of the molecule is CC(C)(O)COc1cc(-c2ccc(N3CCC(Nc4ncccn4)CC3)nc2)c2c(C#N)cnn2c1. The number of rotatable bonds is 7. The van der Waals surface area contributed by atoms with Crippen LogP contribution < -0.4 is 15.0 Å². The highest BCUT2D eigenvalue weighted by Crippen LogP contribution is 2.32. The summed E-state index contributed by atoms with van der Waals surface area (Å²) in [7, 11) is 0. The van der Waals surface area contributed by atoms with Gasteiger partial charge in [-0.2, -0.15) is 10.4 Å². The molecule has 0 bridgehead atoms. The average Bonchev–Trinajstić information content (AvgIpc) is 3.31. The number of anilines is 2. The molecule has 0 aromatic carbocycles. The summed E-state index contributed by atoms with van der Waals surface area (Å²) in [6.45, 7) is 5.25. The summed E-state index contributed by atoms with van der Waals surface area (Å²) >= 11 is 0. The summed E-state index contributed by atoms with van der Waals surface area (Å²) in [5.74, 6) is 2.12. The molecule has 0 aliphatic carbocycles. The van der Waals surface area contributed by atoms with Crippen LogP contribution in [0.5, 0.6) is 5.75 Å². The molecule has 184 valence electrons. The molecule has 0 saturated carbocycles. The molecule has 0 atom stereocenters. The van der Waals surface area contributed by atoms with E-state index in [2.05, 4.69) is 31.4 Å². The van der Waals surface area contributed by atoms with Gasteiger partial charge in [-0.15, -0.1) is 0 Å². The second-order valence-corrected chi connectivity index (χ2v) is 9.54. The van der Waals surface area contributed by atoms with Crippen LogP contribution in [0, 0.1) is 11.3 Å². The van der Waals surface area contributed by atoms with Crippen molar-refractivity contribution in [3.63, 3.8) is 0 Å². The van der Waals surface area contributed by atoms with Gasteiger partial charge in [-0.3, -0.25) is 0 Å². The van der Waals surface area contributed by atoms with E-state index in [0.717, 1.165) is 42.9 Å². The van der Waals surface area contributed by atoms with Crippen molar-refractivity contribution in [3.05, 3.63) is 60.8 Å². The lowest BCUT2D eigenvalue weighted by atomic mass is 10.0. The smallest absolute Gasteiger partial charge is 0.222 e. The van der Waals surface area contributed by atoms with Gasteiger partial charge in [-0.25, -0.2) is 19.5 Å². The Kier molecular flexibility index (Phi) is 6.40. The number of hydrogen-bond acceptors (Lipinski definition) is 9. The molecule has 2 N–H and O–H groups in total. The number of ether oxygens (including phenoxy) is 1. The number of aromatic nitrogens is 5. The standard InChI is InChI=1S/C26H28N8O2/c1-26(2,35)17-36-21-12-22(24-19(13-27)15-31-34(24)16-21)18-4-5-23(30-14-18)33-10-6-20(7-11-33)32-25-28-8-3-9-29-25/h3-5,8-9,12,14-16,20,35H,6-7,10-11,17H2,1-2H3,(H,28,29,32). The summed E-state index contributed by atoms with van der Waals surface area (Å²) in [6.07, 6.45) is 10.5. The van der Waals surface area contributed by atoms with E-state index in [-0.39, 0.29) is 6.61 Å². The second-order valence-electron chi connectivity index (χ2n) is 9.54. The molecule has 4 aromatic rings. The van der Waals surface area contributed by atoms with Gasteiger partial charge in [0, 0.05) is 48.8 Å². The Morgan fingerprint density at radius 2 is 1.94 bits per heavy atom. The fraction of sp³-hybridized carbons (Fsp3) is 0.346. The third kappa shape index (κ3) is 5.21. The molecular weight excluding hydrogens is 456 g/mol. The van der Waals surface area contributed by atoms with E-state index in [1.165, 1.54) is 0 Å². The molecule has 0 radical (unpaired) electrons. The van der Waals surface area contributed by atoms with E-state index in [4.69, 9.17) is 9.72 Å². The quantitative estimate of drug-likeness (QED) is 0.406. The molecule has 1 aliphatic heterocycles. The molecule has 36 heavy (non-hydrogen) atoms. The first-order chi connectivity index (χ1) is 17.4. The molecule has 1 aliphatic rings. The first kappa shape index (κ1) is 23.5. The molecule has 10 nitrogen and oxygen atoms in total. The van der Waals surface area contributed by atoms with Gasteiger partial charge in [-0.05, 0) is 51.0 Å². The van der Waals surface area contributed by atoms with Gasteiger partial charge in [0.05, 0.1) is 29.1 Å². The van der Waals surface area contributed by atoms with Crippen molar-refractivity contribution in [2.75, 3.05) is 29.9 Å². The van der Waals surface area contributed by atoms with Crippen LogP contribution in [-0.2, 0) is 0 Å². The van der Waals surface area contributed by atoms with Crippen molar-refractivity contribution in [1.82, 2.24) is 24.6 Å². The predicted octanol–water partition coefficient (Wildman–Crippen LogP) is 3.29. The summed E-state index contributed by atoms with van der Waals surface area (Å²) in [5, 5.41) is 27.4. The Morgan fingerprint density at radius 3 is 2.61 bits per heavy atom. The zero-order valence-corrected chi connectivity index (χ0v) is 20.3. The molecule has 0 spiro atoms. The largest absolute Gasteiger partial charge is 0.489 e. The van der Waals surface area contributed by atoms with E-state index in [9.17, 15) is 10.4 Å². The number of piperidine rings is 1. The van der Waals surface area contributed by atoms with Gasteiger partial charge in [-0.1, -0.05) is 0 Å². The zero-order chi connectivity index (χ0) is 25.1. The number of nitrogens with one attached hydrogen (secondary N) is 1. The maximum Gasteiger partial charge on any atom is 0.222 e. The molecule has 5 heterocycles. The van der Waals surface area contributed by atoms with Crippen LogP contribution in [0.3, 0.4) is 0 Å². The summed E-state index contributed by atoms with van der Waals surface area (Å²) in [6, 6.07) is 10.2. The van der Waals surface area contributed by atoms with Gasteiger partial charge in [0.15, 0.2) is 0 Å². The molecule has 4 aromatic heterocycles. The lowest BCUT2D eigenvalue weighted by Gasteiger charge is -2.33. The highest BCUT2D eigenvalue weighted by Gasteiger charge is 2.21. The molecule has 5 rings (SSSR count). The molecule has 0 amide bonds.